The Bertz CT molecular complexity index is 2830. The molecule has 2 atom stereocenters. The van der Waals surface area contributed by atoms with E-state index >= 15 is 0 Å². The van der Waals surface area contributed by atoms with E-state index in [0.29, 0.717) is 60.0 Å². The summed E-state index contributed by atoms with van der Waals surface area (Å²) >= 11 is 0. The second-order valence-electron chi connectivity index (χ2n) is 14.8. The number of aryl methyl sites for hydroxylation is 2. The quantitative estimate of drug-likeness (QED) is 0.0507. The number of Topliss-reactive ketones (excluding diaryl/α,β-unsaturated/α-hetero) is 2. The van der Waals surface area contributed by atoms with Gasteiger partial charge < -0.3 is 42.5 Å². The summed E-state index contributed by atoms with van der Waals surface area (Å²) in [5.41, 5.74) is 21.0. The molecule has 0 aliphatic heterocycles. The number of hydrogen-bond donors (Lipinski definition) is 8. The van der Waals surface area contributed by atoms with Crippen molar-refractivity contribution in [2.45, 2.75) is 71.7 Å². The zero-order chi connectivity index (χ0) is 50.1. The number of fused-ring (bicyclic) bond motifs is 2. The van der Waals surface area contributed by atoms with E-state index in [9.17, 15) is 43.8 Å². The van der Waals surface area contributed by atoms with E-state index in [1.165, 1.54) is 6.20 Å². The molecule has 11 N–H and O–H groups in total. The van der Waals surface area contributed by atoms with Gasteiger partial charge in [-0.05, 0) is 55.5 Å². The second kappa shape index (κ2) is 24.0. The number of aromatic amines is 1. The molecule has 2 aromatic carbocycles. The number of nitrogens with one attached hydrogen (secondary N) is 1. The SMILES string of the molecule is CN(Cc1cnc2nc(N)nc(N)c2n1)c1ccc(C(=O)C[C@@H](CCC(=O)O)C(=O)O)cc1.Nc1nc2ncc(CCc3ccc(C(=O)C[C@@H](CCC(=O)O)C(=O)O)cc3)nc2c(=O)[nH]1.[3H]CC. The second-order valence-corrected chi connectivity index (χ2v) is 14.8. The lowest BCUT2D eigenvalue weighted by molar-refractivity contribution is -0.144. The lowest BCUT2D eigenvalue weighted by atomic mass is 9.93. The highest BCUT2D eigenvalue weighted by atomic mass is 16.4. The van der Waals surface area contributed by atoms with E-state index in [0.717, 1.165) is 11.3 Å². The highest BCUT2D eigenvalue weighted by molar-refractivity contribution is 5.99. The zero-order valence-electron chi connectivity index (χ0n) is 37.5. The van der Waals surface area contributed by atoms with Gasteiger partial charge in [0, 0.05) is 50.9 Å². The molecule has 0 spiro atoms. The molecule has 0 bridgehead atoms. The third-order valence-corrected chi connectivity index (χ3v) is 9.94. The third-order valence-electron chi connectivity index (χ3n) is 9.94. The van der Waals surface area contributed by atoms with E-state index in [1.807, 2.05) is 11.9 Å². The Morgan fingerprint density at radius 3 is 1.70 bits per heavy atom. The maximum absolute atomic E-state index is 12.5. The van der Waals surface area contributed by atoms with Crippen LogP contribution >= 0.6 is 0 Å². The van der Waals surface area contributed by atoms with Crippen LogP contribution in [0, 0.1) is 11.8 Å². The van der Waals surface area contributed by atoms with Crippen molar-refractivity contribution in [3.05, 3.63) is 99.4 Å². The Morgan fingerprint density at radius 1 is 0.687 bits per heavy atom. The Kier molecular flexibility index (Phi) is 17.7. The van der Waals surface area contributed by atoms with E-state index in [1.54, 1.807) is 61.7 Å². The van der Waals surface area contributed by atoms with Crippen molar-refractivity contribution < 1.29 is 50.6 Å². The lowest BCUT2D eigenvalue weighted by Gasteiger charge is -2.19. The monoisotopic (exact) mass is 924 g/mol. The number of ketones is 2. The van der Waals surface area contributed by atoms with Crippen LogP contribution in [0.2, 0.25) is 0 Å². The summed E-state index contributed by atoms with van der Waals surface area (Å²) < 4.78 is 6.21. The van der Waals surface area contributed by atoms with Crippen LogP contribution in [0.5, 0.6) is 0 Å². The molecule has 23 nitrogen and oxygen atoms in total. The molecular formula is C44H50N12O11. The number of carboxylic acid groups (broad SMARTS) is 4. The van der Waals surface area contributed by atoms with Crippen LogP contribution in [-0.4, -0.2) is 103 Å². The summed E-state index contributed by atoms with van der Waals surface area (Å²) in [6.07, 6.45) is 2.80. The number of aliphatic carboxylic acids is 4. The van der Waals surface area contributed by atoms with E-state index in [4.69, 9.17) is 28.8 Å². The van der Waals surface area contributed by atoms with E-state index in [-0.39, 0.29) is 79.0 Å². The van der Waals surface area contributed by atoms with Gasteiger partial charge in [0.15, 0.2) is 39.7 Å². The minimum Gasteiger partial charge on any atom is -0.481 e. The first kappa shape index (κ1) is 49.5. The molecule has 0 fully saturated rings. The van der Waals surface area contributed by atoms with Crippen LogP contribution in [0.3, 0.4) is 0 Å². The molecular weight excluding hydrogens is 873 g/mol. The molecule has 67 heavy (non-hydrogen) atoms. The number of anilines is 4. The van der Waals surface area contributed by atoms with Crippen molar-refractivity contribution >= 4 is 81.2 Å². The van der Waals surface area contributed by atoms with Crippen LogP contribution in [0.1, 0.15) is 91.4 Å². The molecule has 352 valence electrons. The van der Waals surface area contributed by atoms with Crippen LogP contribution < -0.4 is 27.7 Å². The number of carbonyl (C=O) groups is 6. The summed E-state index contributed by atoms with van der Waals surface area (Å²) in [5.74, 6) is -7.27. The maximum Gasteiger partial charge on any atom is 0.306 e. The maximum atomic E-state index is 12.5. The summed E-state index contributed by atoms with van der Waals surface area (Å²) in [5, 5.41) is 35.9. The van der Waals surface area contributed by atoms with Crippen LogP contribution in [0.25, 0.3) is 22.3 Å². The summed E-state index contributed by atoms with van der Waals surface area (Å²) in [4.78, 5) is 114. The molecule has 0 aliphatic carbocycles. The molecule has 0 aliphatic rings. The number of benzene rings is 2. The molecule has 23 heteroatoms. The molecule has 6 rings (SSSR count). The normalized spacial score (nSPS) is 11.8. The molecule has 0 saturated carbocycles. The van der Waals surface area contributed by atoms with Gasteiger partial charge in [0.05, 0.1) is 42.2 Å². The van der Waals surface area contributed by atoms with Crippen molar-refractivity contribution in [3.8, 4) is 0 Å². The largest absolute Gasteiger partial charge is 0.481 e. The summed E-state index contributed by atoms with van der Waals surface area (Å²) in [7, 11) is 1.83. The molecule has 4 aromatic heterocycles. The topological polar surface area (TPSA) is 388 Å². The minimum absolute atomic E-state index is 0.0189. The van der Waals surface area contributed by atoms with Gasteiger partial charge in [0.25, 0.3) is 5.56 Å². The smallest absolute Gasteiger partial charge is 0.306 e. The minimum atomic E-state index is -1.19. The molecule has 0 saturated heterocycles. The molecule has 0 unspecified atom stereocenters. The summed E-state index contributed by atoms with van der Waals surface area (Å²) in [6, 6.07) is 13.4. The van der Waals surface area contributed by atoms with E-state index < -0.39 is 41.3 Å². The fourth-order valence-corrected chi connectivity index (χ4v) is 6.42. The first-order valence-corrected chi connectivity index (χ1v) is 20.5. The number of nitrogens with zero attached hydrogens (tertiary/aromatic N) is 8. The van der Waals surface area contributed by atoms with Crippen molar-refractivity contribution in [1.29, 1.82) is 0 Å². The Morgan fingerprint density at radius 2 is 1.18 bits per heavy atom. The van der Waals surface area contributed by atoms with Gasteiger partial charge in [-0.15, -0.1) is 0 Å². The highest BCUT2D eigenvalue weighted by Crippen LogP contribution is 2.22. The van der Waals surface area contributed by atoms with Gasteiger partial charge in [-0.3, -0.25) is 38.5 Å². The zero-order valence-corrected chi connectivity index (χ0v) is 36.5. The molecule has 0 amide bonds. The first-order chi connectivity index (χ1) is 32.3. The highest BCUT2D eigenvalue weighted by Gasteiger charge is 2.24. The molecule has 4 heterocycles. The van der Waals surface area contributed by atoms with Crippen LogP contribution in [0.15, 0.2) is 65.7 Å². The standard InChI is InChI=1S/C21H23N7O5.C21H21N5O6.C2H6/c1-28(10-13-9-24-19-17(25-13)18(22)26-21(23)27-19)14-5-2-11(3-6-14)15(29)8-12(20(32)33)4-7-16(30)31;22-21-25-18-17(19(30)26-21)24-14(10-23-18)7-3-11-1-4-12(5-2-11)15(27)9-13(20(31)32)6-8-16(28)29;1-2/h2-3,5-6,9,12H,4,7-8,10H2,1H3,(H,30,31)(H,32,33)(H4,22,23,24,26,27);1-2,4-5,10,13H,3,6-9H2,(H,28,29)(H,31,32)(H3,22,23,25,26,30);1-2H3/t12-;13-;/m11./s1/i;;1T. The number of hydrogen-bond acceptors (Lipinski definition) is 18. The average Bonchev–Trinajstić information content (AvgIpc) is 3.29. The van der Waals surface area contributed by atoms with Gasteiger partial charge in [0.1, 0.15) is 0 Å². The Labute approximate surface area is 383 Å². The number of aromatic nitrogens is 8. The van der Waals surface area contributed by atoms with Crippen molar-refractivity contribution in [2.24, 2.45) is 11.8 Å². The van der Waals surface area contributed by atoms with Gasteiger partial charge in [0.2, 0.25) is 11.9 Å². The number of nitrogens with two attached hydrogens (primary N) is 3. The van der Waals surface area contributed by atoms with Gasteiger partial charge in [-0.25, -0.2) is 19.9 Å². The fraction of sp³-hybridized carbons (Fsp3) is 0.318. The third kappa shape index (κ3) is 15.0. The number of H-pyrrole nitrogens is 1. The van der Waals surface area contributed by atoms with Gasteiger partial charge in [-0.1, -0.05) is 38.1 Å². The Hall–Kier alpha value is -8.50. The van der Waals surface area contributed by atoms with Gasteiger partial charge >= 0.3 is 23.9 Å². The number of carbonyl (C=O) groups excluding carboxylic acids is 2. The van der Waals surface area contributed by atoms with Crippen LogP contribution in [-0.2, 0) is 38.6 Å². The average molecular weight is 925 g/mol. The molecule has 6 aromatic rings. The number of rotatable bonds is 20. The van der Waals surface area contributed by atoms with E-state index in [2.05, 4.69) is 39.9 Å². The predicted octanol–water partition coefficient (Wildman–Crippen LogP) is 3.60. The van der Waals surface area contributed by atoms with Crippen LogP contribution in [0.4, 0.5) is 23.4 Å². The molecule has 0 radical (unpaired) electrons. The fourth-order valence-electron chi connectivity index (χ4n) is 6.42. The first-order valence-electron chi connectivity index (χ1n) is 21.2. The predicted molar refractivity (Wildman–Crippen MR) is 244 cm³/mol. The van der Waals surface area contributed by atoms with Crippen molar-refractivity contribution in [1.82, 2.24) is 39.9 Å². The Balaban J connectivity index is 0.000000280. The van der Waals surface area contributed by atoms with Crippen molar-refractivity contribution in [2.75, 3.05) is 29.1 Å². The number of nitrogen functional groups attached to an aromatic ring is 3. The van der Waals surface area contributed by atoms with Crippen molar-refractivity contribution in [3.63, 3.8) is 0 Å². The lowest BCUT2D eigenvalue weighted by Crippen LogP contribution is -2.20. The summed E-state index contributed by atoms with van der Waals surface area (Å²) in [6.45, 7) is 2.68. The number of carboxylic acids is 4. The van der Waals surface area contributed by atoms with Gasteiger partial charge in [-0.2, -0.15) is 15.0 Å².